The summed E-state index contributed by atoms with van der Waals surface area (Å²) in [6.07, 6.45) is 1.15. The van der Waals surface area contributed by atoms with Gasteiger partial charge in [0.05, 0.1) is 6.61 Å². The molecular weight excluding hydrogens is 236 g/mol. The number of hydrogen-bond donors (Lipinski definition) is 1. The third kappa shape index (κ3) is 3.56. The SMILES string of the molecule is CCNC(c1ccccc1)C(C)N(C)C1CCOC1. The molecule has 1 aromatic rings. The summed E-state index contributed by atoms with van der Waals surface area (Å²) < 4.78 is 5.51. The van der Waals surface area contributed by atoms with Gasteiger partial charge in [-0.25, -0.2) is 0 Å². The van der Waals surface area contributed by atoms with Crippen molar-refractivity contribution in [3.63, 3.8) is 0 Å². The van der Waals surface area contributed by atoms with Crippen LogP contribution in [0.25, 0.3) is 0 Å². The van der Waals surface area contributed by atoms with Gasteiger partial charge in [0.15, 0.2) is 0 Å². The van der Waals surface area contributed by atoms with Crippen LogP contribution in [-0.4, -0.2) is 43.8 Å². The minimum atomic E-state index is 0.372. The second-order valence-electron chi connectivity index (χ2n) is 5.37. The molecule has 0 amide bonds. The standard InChI is InChI=1S/C16H26N2O/c1-4-17-16(14-8-6-5-7-9-14)13(2)18(3)15-10-11-19-12-15/h5-9,13,15-17H,4,10-12H2,1-3H3. The van der Waals surface area contributed by atoms with E-state index in [1.54, 1.807) is 0 Å². The zero-order valence-electron chi connectivity index (χ0n) is 12.3. The van der Waals surface area contributed by atoms with Crippen molar-refractivity contribution in [3.05, 3.63) is 35.9 Å². The number of benzene rings is 1. The van der Waals surface area contributed by atoms with Gasteiger partial charge < -0.3 is 10.1 Å². The Morgan fingerprint density at radius 1 is 1.37 bits per heavy atom. The fourth-order valence-electron chi connectivity index (χ4n) is 2.86. The van der Waals surface area contributed by atoms with Crippen molar-refractivity contribution in [2.45, 2.75) is 38.4 Å². The van der Waals surface area contributed by atoms with E-state index < -0.39 is 0 Å². The van der Waals surface area contributed by atoms with Crippen LogP contribution in [0.4, 0.5) is 0 Å². The molecule has 1 fully saturated rings. The molecule has 3 nitrogen and oxygen atoms in total. The molecule has 1 aliphatic heterocycles. The molecule has 0 radical (unpaired) electrons. The smallest absolute Gasteiger partial charge is 0.0622 e. The molecule has 3 heteroatoms. The molecule has 2 rings (SSSR count). The van der Waals surface area contributed by atoms with Crippen LogP contribution in [0.1, 0.15) is 31.9 Å². The average Bonchev–Trinajstić information content (AvgIpc) is 2.98. The Morgan fingerprint density at radius 2 is 2.11 bits per heavy atom. The summed E-state index contributed by atoms with van der Waals surface area (Å²) in [6, 6.07) is 12.1. The van der Waals surface area contributed by atoms with Gasteiger partial charge in [0.25, 0.3) is 0 Å². The predicted molar refractivity (Wildman–Crippen MR) is 79.3 cm³/mol. The molecule has 1 N–H and O–H groups in total. The number of ether oxygens (including phenoxy) is 1. The van der Waals surface area contributed by atoms with Gasteiger partial charge in [-0.05, 0) is 32.5 Å². The van der Waals surface area contributed by atoms with Crippen molar-refractivity contribution in [3.8, 4) is 0 Å². The van der Waals surface area contributed by atoms with E-state index >= 15 is 0 Å². The van der Waals surface area contributed by atoms with Gasteiger partial charge in [-0.1, -0.05) is 37.3 Å². The lowest BCUT2D eigenvalue weighted by atomic mass is 9.98. The normalized spacial score (nSPS) is 22.6. The lowest BCUT2D eigenvalue weighted by molar-refractivity contribution is 0.121. The second kappa shape index (κ2) is 7.04. The Hall–Kier alpha value is -0.900. The van der Waals surface area contributed by atoms with Crippen molar-refractivity contribution in [2.24, 2.45) is 0 Å². The van der Waals surface area contributed by atoms with Crippen molar-refractivity contribution < 1.29 is 4.74 Å². The Balaban J connectivity index is 2.09. The number of nitrogens with one attached hydrogen (secondary N) is 1. The summed E-state index contributed by atoms with van der Waals surface area (Å²) in [4.78, 5) is 2.47. The molecule has 106 valence electrons. The van der Waals surface area contributed by atoms with E-state index in [0.717, 1.165) is 26.2 Å². The van der Waals surface area contributed by atoms with E-state index in [9.17, 15) is 0 Å². The molecular formula is C16H26N2O. The van der Waals surface area contributed by atoms with Crippen molar-refractivity contribution >= 4 is 0 Å². The van der Waals surface area contributed by atoms with Gasteiger partial charge in [-0.15, -0.1) is 0 Å². The highest BCUT2D eigenvalue weighted by molar-refractivity contribution is 5.20. The van der Waals surface area contributed by atoms with Gasteiger partial charge in [-0.3, -0.25) is 4.90 Å². The Labute approximate surface area is 116 Å². The molecule has 0 aromatic heterocycles. The van der Waals surface area contributed by atoms with E-state index in [0.29, 0.717) is 18.1 Å². The summed E-state index contributed by atoms with van der Waals surface area (Å²) >= 11 is 0. The highest BCUT2D eigenvalue weighted by Gasteiger charge is 2.28. The largest absolute Gasteiger partial charge is 0.380 e. The first-order valence-electron chi connectivity index (χ1n) is 7.32. The highest BCUT2D eigenvalue weighted by Crippen LogP contribution is 2.23. The van der Waals surface area contributed by atoms with E-state index in [1.165, 1.54) is 5.56 Å². The molecule has 3 unspecified atom stereocenters. The fourth-order valence-corrected chi connectivity index (χ4v) is 2.86. The van der Waals surface area contributed by atoms with Crippen LogP contribution in [0.15, 0.2) is 30.3 Å². The highest BCUT2D eigenvalue weighted by atomic mass is 16.5. The maximum atomic E-state index is 5.51. The van der Waals surface area contributed by atoms with E-state index in [-0.39, 0.29) is 0 Å². The van der Waals surface area contributed by atoms with E-state index in [4.69, 9.17) is 4.74 Å². The third-order valence-electron chi connectivity index (χ3n) is 4.19. The molecule has 1 heterocycles. The van der Waals surface area contributed by atoms with Crippen LogP contribution in [-0.2, 0) is 4.74 Å². The quantitative estimate of drug-likeness (QED) is 0.852. The summed E-state index contributed by atoms with van der Waals surface area (Å²) in [6.45, 7) is 7.23. The second-order valence-corrected chi connectivity index (χ2v) is 5.37. The number of hydrogen-bond acceptors (Lipinski definition) is 3. The van der Waals surface area contributed by atoms with Crippen LogP contribution in [0, 0.1) is 0 Å². The van der Waals surface area contributed by atoms with Gasteiger partial charge in [0.1, 0.15) is 0 Å². The Bertz CT molecular complexity index is 362. The Morgan fingerprint density at radius 3 is 2.68 bits per heavy atom. The minimum absolute atomic E-state index is 0.372. The van der Waals surface area contributed by atoms with Crippen LogP contribution in [0.5, 0.6) is 0 Å². The molecule has 3 atom stereocenters. The van der Waals surface area contributed by atoms with Crippen molar-refractivity contribution in [1.82, 2.24) is 10.2 Å². The monoisotopic (exact) mass is 262 g/mol. The predicted octanol–water partition coefficient (Wildman–Crippen LogP) is 2.45. The number of rotatable bonds is 6. The number of likely N-dealkylation sites (N-methyl/N-ethyl adjacent to an activating group) is 2. The Kier molecular flexibility index (Phi) is 5.37. The van der Waals surface area contributed by atoms with Gasteiger partial charge >= 0.3 is 0 Å². The molecule has 0 aliphatic carbocycles. The molecule has 19 heavy (non-hydrogen) atoms. The lowest BCUT2D eigenvalue weighted by Gasteiger charge is -2.36. The van der Waals surface area contributed by atoms with Crippen LogP contribution in [0.2, 0.25) is 0 Å². The molecule has 1 aromatic carbocycles. The fraction of sp³-hybridized carbons (Fsp3) is 0.625. The van der Waals surface area contributed by atoms with Crippen LogP contribution < -0.4 is 5.32 Å². The first-order valence-corrected chi connectivity index (χ1v) is 7.32. The maximum absolute atomic E-state index is 5.51. The summed E-state index contributed by atoms with van der Waals surface area (Å²) in [7, 11) is 2.22. The molecule has 0 bridgehead atoms. The average molecular weight is 262 g/mol. The minimum Gasteiger partial charge on any atom is -0.380 e. The first-order chi connectivity index (χ1) is 9.24. The summed E-state index contributed by atoms with van der Waals surface area (Å²) in [5, 5.41) is 3.62. The zero-order valence-corrected chi connectivity index (χ0v) is 12.3. The maximum Gasteiger partial charge on any atom is 0.0622 e. The molecule has 1 saturated heterocycles. The molecule has 1 aliphatic rings. The lowest BCUT2D eigenvalue weighted by Crippen LogP contribution is -2.46. The third-order valence-corrected chi connectivity index (χ3v) is 4.19. The van der Waals surface area contributed by atoms with Crippen LogP contribution in [0.3, 0.4) is 0 Å². The van der Waals surface area contributed by atoms with Gasteiger partial charge in [0, 0.05) is 24.7 Å². The van der Waals surface area contributed by atoms with Crippen LogP contribution >= 0.6 is 0 Å². The molecule has 0 spiro atoms. The summed E-state index contributed by atoms with van der Waals surface area (Å²) in [5.74, 6) is 0. The van der Waals surface area contributed by atoms with Crippen molar-refractivity contribution in [2.75, 3.05) is 26.8 Å². The molecule has 0 saturated carbocycles. The topological polar surface area (TPSA) is 24.5 Å². The summed E-state index contributed by atoms with van der Waals surface area (Å²) in [5.41, 5.74) is 1.36. The van der Waals surface area contributed by atoms with E-state index in [2.05, 4.69) is 61.4 Å². The van der Waals surface area contributed by atoms with Crippen molar-refractivity contribution in [1.29, 1.82) is 0 Å². The zero-order chi connectivity index (χ0) is 13.7. The number of nitrogens with zero attached hydrogens (tertiary/aromatic N) is 1. The first kappa shape index (κ1) is 14.5. The van der Waals surface area contributed by atoms with Gasteiger partial charge in [0.2, 0.25) is 0 Å². The van der Waals surface area contributed by atoms with Gasteiger partial charge in [-0.2, -0.15) is 0 Å². The van der Waals surface area contributed by atoms with E-state index in [1.807, 2.05) is 0 Å².